The number of rotatable bonds is 16. The van der Waals surface area contributed by atoms with Crippen LogP contribution in [0.3, 0.4) is 0 Å². The molecule has 2 aromatic carbocycles. The maximum Gasteiger partial charge on any atom is 0.131 e. The standard InChI is InChI=1S/C48H70F4O/c1-3-5-7-9-33-11-15-35(16-12-33)37-19-23-39(24-20-37)47(43-29-27-41(49)31-45(43)51)53-48(44-30-28-42(50)32-46(44)52)40-25-21-38(22-26-40)36-17-13-34(14-18-36)10-8-6-4-2/h27-40,47-48H,3-26H2,1-2H3. The molecule has 0 amide bonds. The van der Waals surface area contributed by atoms with Gasteiger partial charge in [0.05, 0.1) is 12.2 Å². The number of halogens is 4. The van der Waals surface area contributed by atoms with Gasteiger partial charge in [-0.25, -0.2) is 17.6 Å². The fourth-order valence-electron chi connectivity index (χ4n) is 11.6. The summed E-state index contributed by atoms with van der Waals surface area (Å²) in [5.41, 5.74) is 0.749. The number of ether oxygens (including phenoxy) is 1. The van der Waals surface area contributed by atoms with E-state index in [0.717, 1.165) is 87.2 Å². The SMILES string of the molecule is CCCCCC1CCC(C2CCC(C(OC(c3ccc(F)cc3F)C3CCC(C4CCC(CCCCC)CC4)CC3)c3ccc(F)cc3F)CC2)CC1. The minimum Gasteiger partial charge on any atom is -0.365 e. The fraction of sp³-hybridized carbons (Fsp3) is 0.750. The second-order valence-corrected chi connectivity index (χ2v) is 18.2. The van der Waals surface area contributed by atoms with Gasteiger partial charge < -0.3 is 4.74 Å². The third-order valence-corrected chi connectivity index (χ3v) is 14.9. The number of hydrogen-bond donors (Lipinski definition) is 0. The van der Waals surface area contributed by atoms with Crippen LogP contribution in [0.25, 0.3) is 0 Å². The van der Waals surface area contributed by atoms with Gasteiger partial charge in [0, 0.05) is 23.3 Å². The van der Waals surface area contributed by atoms with Crippen molar-refractivity contribution in [2.75, 3.05) is 0 Å². The van der Waals surface area contributed by atoms with E-state index in [-0.39, 0.29) is 11.8 Å². The summed E-state index contributed by atoms with van der Waals surface area (Å²) in [6.07, 6.45) is 28.4. The lowest BCUT2D eigenvalue weighted by atomic mass is 9.67. The summed E-state index contributed by atoms with van der Waals surface area (Å²) in [7, 11) is 0. The smallest absolute Gasteiger partial charge is 0.131 e. The van der Waals surface area contributed by atoms with E-state index in [1.165, 1.54) is 115 Å². The fourth-order valence-corrected chi connectivity index (χ4v) is 11.6. The summed E-state index contributed by atoms with van der Waals surface area (Å²) < 4.78 is 67.1. The van der Waals surface area contributed by atoms with Gasteiger partial charge in [0.25, 0.3) is 0 Å². The zero-order chi connectivity index (χ0) is 37.2. The highest BCUT2D eigenvalue weighted by Crippen LogP contribution is 2.51. The van der Waals surface area contributed by atoms with E-state index in [9.17, 15) is 8.78 Å². The predicted octanol–water partition coefficient (Wildman–Crippen LogP) is 15.4. The monoisotopic (exact) mass is 739 g/mol. The molecule has 0 bridgehead atoms. The molecule has 4 aliphatic carbocycles. The zero-order valence-electron chi connectivity index (χ0n) is 33.1. The first kappa shape index (κ1) is 40.8. The van der Waals surface area contributed by atoms with Gasteiger partial charge in [-0.1, -0.05) is 103 Å². The molecule has 53 heavy (non-hydrogen) atoms. The molecule has 296 valence electrons. The second kappa shape index (κ2) is 20.3. The molecule has 1 nitrogen and oxygen atoms in total. The van der Waals surface area contributed by atoms with Gasteiger partial charge in [0.2, 0.25) is 0 Å². The van der Waals surface area contributed by atoms with Crippen molar-refractivity contribution in [1.29, 1.82) is 0 Å². The molecule has 0 saturated heterocycles. The summed E-state index contributed by atoms with van der Waals surface area (Å²) in [6, 6.07) is 7.69. The largest absolute Gasteiger partial charge is 0.365 e. The van der Waals surface area contributed by atoms with Gasteiger partial charge in [-0.3, -0.25) is 0 Å². The lowest BCUT2D eigenvalue weighted by molar-refractivity contribution is -0.0959. The highest BCUT2D eigenvalue weighted by Gasteiger charge is 2.40. The van der Waals surface area contributed by atoms with Crippen LogP contribution in [0.1, 0.15) is 191 Å². The van der Waals surface area contributed by atoms with Crippen LogP contribution >= 0.6 is 0 Å². The Morgan fingerprint density at radius 2 is 0.811 bits per heavy atom. The predicted molar refractivity (Wildman–Crippen MR) is 209 cm³/mol. The average molecular weight is 739 g/mol. The summed E-state index contributed by atoms with van der Waals surface area (Å²) in [5, 5.41) is 0. The van der Waals surface area contributed by atoms with E-state index in [1.54, 1.807) is 12.1 Å². The Labute approximate surface area is 319 Å². The molecule has 0 aromatic heterocycles. The molecule has 2 unspecified atom stereocenters. The summed E-state index contributed by atoms with van der Waals surface area (Å²) in [5.74, 6) is 2.43. The van der Waals surface area contributed by atoms with E-state index >= 15 is 8.78 Å². The van der Waals surface area contributed by atoms with Crippen LogP contribution in [0.15, 0.2) is 36.4 Å². The van der Waals surface area contributed by atoms with Crippen LogP contribution < -0.4 is 0 Å². The normalized spacial score (nSPS) is 30.9. The third-order valence-electron chi connectivity index (χ3n) is 14.9. The first-order chi connectivity index (χ1) is 25.8. The Morgan fingerprint density at radius 1 is 0.472 bits per heavy atom. The highest BCUT2D eigenvalue weighted by molar-refractivity contribution is 5.25. The van der Waals surface area contributed by atoms with Crippen molar-refractivity contribution in [3.05, 3.63) is 70.8 Å². The Bertz CT molecular complexity index is 1260. The van der Waals surface area contributed by atoms with E-state index in [4.69, 9.17) is 4.74 Å². The average Bonchev–Trinajstić information content (AvgIpc) is 3.17. The van der Waals surface area contributed by atoms with Crippen LogP contribution in [0, 0.1) is 70.6 Å². The van der Waals surface area contributed by atoms with E-state index in [0.29, 0.717) is 23.0 Å². The molecule has 2 atom stereocenters. The molecule has 0 aliphatic heterocycles. The molecular formula is C48H70F4O. The number of hydrogen-bond acceptors (Lipinski definition) is 1. The molecule has 0 heterocycles. The maximum atomic E-state index is 15.7. The van der Waals surface area contributed by atoms with Crippen molar-refractivity contribution in [3.63, 3.8) is 0 Å². The van der Waals surface area contributed by atoms with Crippen LogP contribution in [-0.4, -0.2) is 0 Å². The van der Waals surface area contributed by atoms with Crippen molar-refractivity contribution in [2.45, 2.75) is 180 Å². The van der Waals surface area contributed by atoms with Crippen molar-refractivity contribution in [2.24, 2.45) is 47.3 Å². The van der Waals surface area contributed by atoms with Crippen molar-refractivity contribution in [3.8, 4) is 0 Å². The third kappa shape index (κ3) is 11.1. The minimum absolute atomic E-state index is 0.0615. The Balaban J connectivity index is 1.14. The topological polar surface area (TPSA) is 9.23 Å². The van der Waals surface area contributed by atoms with Crippen LogP contribution in [-0.2, 0) is 4.74 Å². The van der Waals surface area contributed by atoms with Gasteiger partial charge in [-0.15, -0.1) is 0 Å². The van der Waals surface area contributed by atoms with Gasteiger partial charge in [-0.05, 0) is 137 Å². The van der Waals surface area contributed by atoms with Gasteiger partial charge in [0.1, 0.15) is 23.3 Å². The van der Waals surface area contributed by atoms with Gasteiger partial charge in [0.15, 0.2) is 0 Å². The molecular weight excluding hydrogens is 669 g/mol. The molecule has 4 fully saturated rings. The second-order valence-electron chi connectivity index (χ2n) is 18.2. The Hall–Kier alpha value is -1.88. The van der Waals surface area contributed by atoms with Gasteiger partial charge >= 0.3 is 0 Å². The summed E-state index contributed by atoms with van der Waals surface area (Å²) in [6.45, 7) is 4.56. The molecule has 5 heteroatoms. The Morgan fingerprint density at radius 3 is 1.13 bits per heavy atom. The minimum atomic E-state index is -0.610. The van der Waals surface area contributed by atoms with Crippen molar-refractivity contribution < 1.29 is 22.3 Å². The lowest BCUT2D eigenvalue weighted by Gasteiger charge is -2.43. The van der Waals surface area contributed by atoms with E-state index < -0.39 is 35.5 Å². The van der Waals surface area contributed by atoms with E-state index in [2.05, 4.69) is 13.8 Å². The van der Waals surface area contributed by atoms with Crippen LogP contribution in [0.4, 0.5) is 17.6 Å². The summed E-state index contributed by atoms with van der Waals surface area (Å²) >= 11 is 0. The van der Waals surface area contributed by atoms with Gasteiger partial charge in [-0.2, -0.15) is 0 Å². The molecule has 4 saturated carbocycles. The van der Waals surface area contributed by atoms with Crippen molar-refractivity contribution >= 4 is 0 Å². The first-order valence-electron chi connectivity index (χ1n) is 22.4. The lowest BCUT2D eigenvalue weighted by Crippen LogP contribution is -2.32. The highest BCUT2D eigenvalue weighted by atomic mass is 19.1. The molecule has 6 rings (SSSR count). The quantitative estimate of drug-likeness (QED) is 0.123. The first-order valence-corrected chi connectivity index (χ1v) is 22.4. The maximum absolute atomic E-state index is 15.7. The zero-order valence-corrected chi connectivity index (χ0v) is 33.1. The molecule has 2 aromatic rings. The Kier molecular flexibility index (Phi) is 15.6. The van der Waals surface area contributed by atoms with Crippen LogP contribution in [0.2, 0.25) is 0 Å². The number of benzene rings is 2. The van der Waals surface area contributed by atoms with E-state index in [1.807, 2.05) is 0 Å². The van der Waals surface area contributed by atoms with Crippen LogP contribution in [0.5, 0.6) is 0 Å². The number of unbranched alkanes of at least 4 members (excludes halogenated alkanes) is 4. The molecule has 4 aliphatic rings. The molecule has 0 spiro atoms. The molecule has 0 radical (unpaired) electrons. The van der Waals surface area contributed by atoms with Crippen molar-refractivity contribution in [1.82, 2.24) is 0 Å². The molecule has 0 N–H and O–H groups in total. The summed E-state index contributed by atoms with van der Waals surface area (Å²) in [4.78, 5) is 0.